The number of hydrogen-bond acceptors (Lipinski definition) is 4. The van der Waals surface area contributed by atoms with E-state index >= 15 is 0 Å². The topological polar surface area (TPSA) is 93.1 Å². The fraction of sp³-hybridized carbons (Fsp3) is 0.333. The van der Waals surface area contributed by atoms with E-state index in [1.807, 2.05) is 32.5 Å². The number of rotatable bonds is 4. The number of nitrogens with zero attached hydrogens (tertiary/aromatic N) is 2. The molecule has 0 saturated heterocycles. The van der Waals surface area contributed by atoms with Crippen LogP contribution in [0, 0.1) is 20.8 Å². The number of benzene rings is 1. The van der Waals surface area contributed by atoms with Crippen molar-refractivity contribution in [3.8, 4) is 0 Å². The first-order valence-electron chi connectivity index (χ1n) is 7.07. The van der Waals surface area contributed by atoms with E-state index in [2.05, 4.69) is 10.4 Å². The second-order valence-corrected chi connectivity index (χ2v) is 7.06. The highest BCUT2D eigenvalue weighted by Gasteiger charge is 2.18. The lowest BCUT2D eigenvalue weighted by atomic mass is 10.2. The molecule has 2 amide bonds. The van der Waals surface area contributed by atoms with Crippen LogP contribution in [0.15, 0.2) is 29.2 Å². The van der Waals surface area contributed by atoms with Gasteiger partial charge in [0, 0.05) is 24.8 Å². The van der Waals surface area contributed by atoms with E-state index in [1.54, 1.807) is 16.8 Å². The first-order chi connectivity index (χ1) is 10.7. The van der Waals surface area contributed by atoms with Gasteiger partial charge in [-0.2, -0.15) is 5.10 Å². The monoisotopic (exact) mass is 336 g/mol. The molecular weight excluding hydrogens is 316 g/mol. The highest BCUT2D eigenvalue weighted by Crippen LogP contribution is 2.12. The lowest BCUT2D eigenvalue weighted by molar-refractivity contribution is 0.245. The molecule has 0 aliphatic heterocycles. The zero-order valence-electron chi connectivity index (χ0n) is 13.5. The Hall–Kier alpha value is -2.35. The second-order valence-electron chi connectivity index (χ2n) is 5.37. The average molecular weight is 336 g/mol. The smallest absolute Gasteiger partial charge is 0.328 e. The van der Waals surface area contributed by atoms with Crippen molar-refractivity contribution in [1.82, 2.24) is 19.8 Å². The van der Waals surface area contributed by atoms with Gasteiger partial charge in [-0.1, -0.05) is 17.7 Å². The molecule has 1 heterocycles. The van der Waals surface area contributed by atoms with E-state index in [4.69, 9.17) is 0 Å². The zero-order valence-corrected chi connectivity index (χ0v) is 14.4. The van der Waals surface area contributed by atoms with Crippen molar-refractivity contribution in [2.24, 2.45) is 7.05 Å². The van der Waals surface area contributed by atoms with Gasteiger partial charge >= 0.3 is 6.03 Å². The van der Waals surface area contributed by atoms with Crippen molar-refractivity contribution >= 4 is 16.1 Å². The molecule has 0 spiro atoms. The van der Waals surface area contributed by atoms with Crippen molar-refractivity contribution in [2.75, 3.05) is 0 Å². The highest BCUT2D eigenvalue weighted by molar-refractivity contribution is 7.90. The molecule has 0 atom stereocenters. The van der Waals surface area contributed by atoms with E-state index < -0.39 is 16.1 Å². The van der Waals surface area contributed by atoms with Gasteiger partial charge in [-0.15, -0.1) is 0 Å². The number of amides is 2. The van der Waals surface area contributed by atoms with E-state index in [0.29, 0.717) is 0 Å². The third-order valence-electron chi connectivity index (χ3n) is 3.64. The van der Waals surface area contributed by atoms with Crippen LogP contribution in [0.4, 0.5) is 4.79 Å². The lowest BCUT2D eigenvalue weighted by Gasteiger charge is -2.09. The molecule has 23 heavy (non-hydrogen) atoms. The molecule has 8 heteroatoms. The average Bonchev–Trinajstić information content (AvgIpc) is 2.70. The number of carbonyl (C=O) groups is 1. The van der Waals surface area contributed by atoms with Gasteiger partial charge in [0.05, 0.1) is 10.6 Å². The van der Waals surface area contributed by atoms with Crippen molar-refractivity contribution < 1.29 is 13.2 Å². The fourth-order valence-corrected chi connectivity index (χ4v) is 3.10. The van der Waals surface area contributed by atoms with Crippen molar-refractivity contribution in [1.29, 1.82) is 0 Å². The summed E-state index contributed by atoms with van der Waals surface area (Å²) in [4.78, 5) is 11.9. The largest absolute Gasteiger partial charge is 0.333 e. The molecule has 0 unspecified atom stereocenters. The molecule has 0 aliphatic rings. The predicted molar refractivity (Wildman–Crippen MR) is 86.4 cm³/mol. The van der Waals surface area contributed by atoms with Gasteiger partial charge in [-0.05, 0) is 32.9 Å². The second kappa shape index (κ2) is 6.41. The summed E-state index contributed by atoms with van der Waals surface area (Å²) in [6.45, 7) is 5.79. The van der Waals surface area contributed by atoms with Gasteiger partial charge in [0.15, 0.2) is 0 Å². The van der Waals surface area contributed by atoms with Crippen LogP contribution in [-0.2, 0) is 23.6 Å². The van der Waals surface area contributed by atoms with Gasteiger partial charge in [0.2, 0.25) is 0 Å². The van der Waals surface area contributed by atoms with Gasteiger partial charge in [0.25, 0.3) is 10.0 Å². The van der Waals surface area contributed by atoms with E-state index in [1.165, 1.54) is 12.1 Å². The Morgan fingerprint density at radius 1 is 1.17 bits per heavy atom. The molecular formula is C15H20N4O3S. The third kappa shape index (κ3) is 3.89. The number of hydrogen-bond donors (Lipinski definition) is 2. The Morgan fingerprint density at radius 3 is 2.30 bits per heavy atom. The quantitative estimate of drug-likeness (QED) is 0.885. The Balaban J connectivity index is 2.03. The van der Waals surface area contributed by atoms with Crippen LogP contribution in [0.5, 0.6) is 0 Å². The number of carbonyl (C=O) groups excluding carboxylic acids is 1. The maximum atomic E-state index is 12.1. The van der Waals surface area contributed by atoms with Crippen LogP contribution in [0.25, 0.3) is 0 Å². The van der Waals surface area contributed by atoms with Gasteiger partial charge in [-0.25, -0.2) is 17.9 Å². The number of nitrogens with one attached hydrogen (secondary N) is 2. The molecule has 1 aromatic carbocycles. The Kier molecular flexibility index (Phi) is 4.74. The van der Waals surface area contributed by atoms with Gasteiger partial charge in [-0.3, -0.25) is 4.68 Å². The summed E-state index contributed by atoms with van der Waals surface area (Å²) >= 11 is 0. The Labute approximate surface area is 135 Å². The third-order valence-corrected chi connectivity index (χ3v) is 4.99. The number of sulfonamides is 1. The van der Waals surface area contributed by atoms with E-state index in [0.717, 1.165) is 22.5 Å². The normalized spacial score (nSPS) is 11.3. The predicted octanol–water partition coefficient (Wildman–Crippen LogP) is 1.53. The summed E-state index contributed by atoms with van der Waals surface area (Å²) in [6.07, 6.45) is 0. The number of urea groups is 1. The maximum absolute atomic E-state index is 12.1. The SMILES string of the molecule is Cc1ccc(S(=O)(=O)NC(=O)NCc2c(C)nn(C)c2C)cc1. The van der Waals surface area contributed by atoms with Crippen LogP contribution >= 0.6 is 0 Å². The minimum atomic E-state index is -3.88. The molecule has 2 N–H and O–H groups in total. The van der Waals surface area contributed by atoms with Gasteiger partial charge in [0.1, 0.15) is 0 Å². The standard InChI is InChI=1S/C15H20N4O3S/c1-10-5-7-13(8-6-10)23(21,22)18-15(20)16-9-14-11(2)17-19(4)12(14)3/h5-8H,9H2,1-4H3,(H2,16,18,20). The van der Waals surface area contributed by atoms with Crippen LogP contribution in [0.1, 0.15) is 22.5 Å². The summed E-state index contributed by atoms with van der Waals surface area (Å²) in [5.74, 6) is 0. The lowest BCUT2D eigenvalue weighted by Crippen LogP contribution is -2.39. The molecule has 7 nitrogen and oxygen atoms in total. The molecule has 0 aliphatic carbocycles. The summed E-state index contributed by atoms with van der Waals surface area (Å²) in [7, 11) is -2.07. The molecule has 0 radical (unpaired) electrons. The molecule has 2 rings (SSSR count). The minimum absolute atomic E-state index is 0.0481. The molecule has 0 bridgehead atoms. The van der Waals surface area contributed by atoms with Crippen LogP contribution < -0.4 is 10.0 Å². The molecule has 2 aromatic rings. The van der Waals surface area contributed by atoms with Crippen LogP contribution in [0.3, 0.4) is 0 Å². The van der Waals surface area contributed by atoms with E-state index in [-0.39, 0.29) is 11.4 Å². The van der Waals surface area contributed by atoms with E-state index in [9.17, 15) is 13.2 Å². The van der Waals surface area contributed by atoms with Crippen LogP contribution in [-0.4, -0.2) is 24.2 Å². The summed E-state index contributed by atoms with van der Waals surface area (Å²) in [6, 6.07) is 5.50. The molecule has 0 saturated carbocycles. The first-order valence-corrected chi connectivity index (χ1v) is 8.55. The molecule has 1 aromatic heterocycles. The summed E-state index contributed by atoms with van der Waals surface area (Å²) < 4.78 is 27.9. The van der Waals surface area contributed by atoms with Crippen molar-refractivity contribution in [3.63, 3.8) is 0 Å². The fourth-order valence-electron chi connectivity index (χ4n) is 2.18. The maximum Gasteiger partial charge on any atom is 0.328 e. The van der Waals surface area contributed by atoms with Crippen molar-refractivity contribution in [3.05, 3.63) is 46.8 Å². The first kappa shape index (κ1) is 17.0. The summed E-state index contributed by atoms with van der Waals surface area (Å²) in [5.41, 5.74) is 3.53. The Bertz CT molecular complexity index is 823. The van der Waals surface area contributed by atoms with Gasteiger partial charge < -0.3 is 5.32 Å². The van der Waals surface area contributed by atoms with Crippen LogP contribution in [0.2, 0.25) is 0 Å². The number of aryl methyl sites for hydroxylation is 3. The molecule has 0 fully saturated rings. The minimum Gasteiger partial charge on any atom is -0.333 e. The zero-order chi connectivity index (χ0) is 17.2. The van der Waals surface area contributed by atoms with Crippen molar-refractivity contribution in [2.45, 2.75) is 32.2 Å². The molecule has 124 valence electrons. The number of aromatic nitrogens is 2. The summed E-state index contributed by atoms with van der Waals surface area (Å²) in [5, 5.41) is 6.79. The highest BCUT2D eigenvalue weighted by atomic mass is 32.2. The Morgan fingerprint density at radius 2 is 1.78 bits per heavy atom.